The fourth-order valence-corrected chi connectivity index (χ4v) is 3.64. The summed E-state index contributed by atoms with van der Waals surface area (Å²) in [7, 11) is 0. The number of nitrogens with zero attached hydrogens (tertiary/aromatic N) is 3. The number of rotatable bonds is 6. The summed E-state index contributed by atoms with van der Waals surface area (Å²) in [4.78, 5) is 20.2. The predicted octanol–water partition coefficient (Wildman–Crippen LogP) is 3.19. The van der Waals surface area contributed by atoms with E-state index in [1.54, 1.807) is 48.5 Å². The van der Waals surface area contributed by atoms with Gasteiger partial charge in [-0.25, -0.2) is 4.39 Å². The van der Waals surface area contributed by atoms with Crippen LogP contribution in [0.4, 0.5) is 10.1 Å². The van der Waals surface area contributed by atoms with E-state index in [9.17, 15) is 9.90 Å². The van der Waals surface area contributed by atoms with Crippen LogP contribution in [0.3, 0.4) is 0 Å². The van der Waals surface area contributed by atoms with Crippen LogP contribution in [-0.2, 0) is 11.2 Å². The average molecular weight is 371 g/mol. The molecule has 2 aromatic rings. The first-order chi connectivity index (χ1) is 13.1. The molecule has 1 N–H and O–H groups in total. The Bertz CT molecular complexity index is 756. The lowest BCUT2D eigenvalue weighted by atomic mass is 9.99. The highest BCUT2D eigenvalue weighted by Gasteiger charge is 2.36. The molecule has 1 saturated heterocycles. The number of phenolic OH excluding ortho intramolecular Hbond substituents is 1. The number of pyridine rings is 1. The number of carbonyl (C=O) groups excluding carboxylic acids is 1. The van der Waals surface area contributed by atoms with E-state index < -0.39 is 12.2 Å². The second-order valence-corrected chi connectivity index (χ2v) is 6.88. The Morgan fingerprint density at radius 2 is 2.15 bits per heavy atom. The van der Waals surface area contributed by atoms with Crippen molar-refractivity contribution in [2.24, 2.45) is 0 Å². The van der Waals surface area contributed by atoms with Gasteiger partial charge in [-0.2, -0.15) is 0 Å². The van der Waals surface area contributed by atoms with Crippen LogP contribution in [0.5, 0.6) is 5.75 Å². The van der Waals surface area contributed by atoms with Crippen molar-refractivity contribution in [3.63, 3.8) is 0 Å². The highest BCUT2D eigenvalue weighted by atomic mass is 19.1. The van der Waals surface area contributed by atoms with Crippen LogP contribution in [-0.4, -0.2) is 52.7 Å². The fourth-order valence-electron chi connectivity index (χ4n) is 3.64. The van der Waals surface area contributed by atoms with E-state index in [0.29, 0.717) is 38.0 Å². The minimum absolute atomic E-state index is 0.0849. The van der Waals surface area contributed by atoms with Gasteiger partial charge in [-0.1, -0.05) is 25.1 Å². The molecule has 3 rings (SSSR count). The van der Waals surface area contributed by atoms with E-state index in [0.717, 1.165) is 5.56 Å². The first-order valence-corrected chi connectivity index (χ1v) is 9.45. The van der Waals surface area contributed by atoms with Gasteiger partial charge in [-0.05, 0) is 36.6 Å². The highest BCUT2D eigenvalue weighted by Crippen LogP contribution is 2.26. The molecule has 1 aliphatic heterocycles. The topological polar surface area (TPSA) is 56.7 Å². The van der Waals surface area contributed by atoms with E-state index >= 15 is 4.39 Å². The number of likely N-dealkylation sites (tertiary alicyclic amines) is 1. The molecule has 0 spiro atoms. The zero-order valence-corrected chi connectivity index (χ0v) is 15.6. The van der Waals surface area contributed by atoms with Crippen LogP contribution in [0.2, 0.25) is 0 Å². The normalized spacial score (nSPS) is 20.4. The van der Waals surface area contributed by atoms with Crippen molar-refractivity contribution in [2.45, 2.75) is 38.4 Å². The molecule has 2 heterocycles. The summed E-state index contributed by atoms with van der Waals surface area (Å²) in [6, 6.07) is 10.3. The van der Waals surface area contributed by atoms with E-state index in [2.05, 4.69) is 9.88 Å². The van der Waals surface area contributed by atoms with Gasteiger partial charge >= 0.3 is 0 Å². The zero-order valence-electron chi connectivity index (χ0n) is 15.6. The molecule has 0 saturated carbocycles. The van der Waals surface area contributed by atoms with E-state index in [1.165, 1.54) is 0 Å². The van der Waals surface area contributed by atoms with Crippen LogP contribution in [0.1, 0.15) is 25.3 Å². The predicted molar refractivity (Wildman–Crippen MR) is 104 cm³/mol. The molecule has 2 unspecified atom stereocenters. The summed E-state index contributed by atoms with van der Waals surface area (Å²) < 4.78 is 15.0. The number of aromatic hydroxyl groups is 1. The average Bonchev–Trinajstić information content (AvgIpc) is 2.69. The molecule has 6 heteroatoms. The van der Waals surface area contributed by atoms with E-state index in [4.69, 9.17) is 0 Å². The molecule has 0 aliphatic carbocycles. The number of phenols is 1. The largest absolute Gasteiger partial charge is 0.508 e. The lowest BCUT2D eigenvalue weighted by Gasteiger charge is -2.40. The van der Waals surface area contributed by atoms with Gasteiger partial charge in [0.2, 0.25) is 5.91 Å². The van der Waals surface area contributed by atoms with Gasteiger partial charge in [0, 0.05) is 32.3 Å². The molecule has 1 amide bonds. The van der Waals surface area contributed by atoms with Gasteiger partial charge in [0.1, 0.15) is 11.9 Å². The van der Waals surface area contributed by atoms with Crippen LogP contribution in [0.25, 0.3) is 0 Å². The number of hydrogen-bond acceptors (Lipinski definition) is 4. The summed E-state index contributed by atoms with van der Waals surface area (Å²) in [6.07, 6.45) is 3.71. The Balaban J connectivity index is 1.64. The van der Waals surface area contributed by atoms with Crippen LogP contribution < -0.4 is 4.90 Å². The number of carbonyl (C=O) groups is 1. The zero-order chi connectivity index (χ0) is 19.2. The highest BCUT2D eigenvalue weighted by molar-refractivity contribution is 5.93. The number of halogens is 1. The summed E-state index contributed by atoms with van der Waals surface area (Å²) >= 11 is 0. The number of aromatic nitrogens is 1. The SMILES string of the molecule is CCC(=O)N(c1cccnc1)C1CCN(CCc2ccccc2O)CC1F. The van der Waals surface area contributed by atoms with Crippen LogP contribution in [0.15, 0.2) is 48.8 Å². The quantitative estimate of drug-likeness (QED) is 0.847. The Kier molecular flexibility index (Phi) is 6.40. The van der Waals surface area contributed by atoms with Crippen molar-refractivity contribution in [1.29, 1.82) is 0 Å². The van der Waals surface area contributed by atoms with Crippen LogP contribution >= 0.6 is 0 Å². The maximum Gasteiger partial charge on any atom is 0.227 e. The van der Waals surface area contributed by atoms with Crippen molar-refractivity contribution >= 4 is 11.6 Å². The molecule has 1 aromatic heterocycles. The summed E-state index contributed by atoms with van der Waals surface area (Å²) in [5.41, 5.74) is 1.52. The maximum absolute atomic E-state index is 15.0. The van der Waals surface area contributed by atoms with Gasteiger partial charge in [0.25, 0.3) is 0 Å². The minimum Gasteiger partial charge on any atom is -0.508 e. The van der Waals surface area contributed by atoms with Gasteiger partial charge in [0.05, 0.1) is 17.9 Å². The Morgan fingerprint density at radius 1 is 1.33 bits per heavy atom. The number of piperidine rings is 1. The van der Waals surface area contributed by atoms with Crippen molar-refractivity contribution in [1.82, 2.24) is 9.88 Å². The first kappa shape index (κ1) is 19.3. The molecular weight excluding hydrogens is 345 g/mol. The lowest BCUT2D eigenvalue weighted by Crippen LogP contribution is -2.54. The summed E-state index contributed by atoms with van der Waals surface area (Å²) in [6.45, 7) is 3.47. The standard InChI is InChI=1S/C21H26FN3O2/c1-2-21(27)25(17-7-5-11-23-14-17)19-10-13-24(15-18(19)22)12-9-16-6-3-4-8-20(16)26/h3-8,11,14,18-19,26H,2,9-10,12-13,15H2,1H3. The number of hydrogen-bond donors (Lipinski definition) is 1. The Hall–Kier alpha value is -2.47. The molecule has 1 fully saturated rings. The third-order valence-corrected chi connectivity index (χ3v) is 5.11. The third kappa shape index (κ3) is 4.63. The molecule has 5 nitrogen and oxygen atoms in total. The van der Waals surface area contributed by atoms with Gasteiger partial charge in [0.15, 0.2) is 0 Å². The van der Waals surface area contributed by atoms with Crippen LogP contribution in [0, 0.1) is 0 Å². The molecular formula is C21H26FN3O2. The number of para-hydroxylation sites is 1. The molecule has 1 aliphatic rings. The third-order valence-electron chi connectivity index (χ3n) is 5.11. The number of anilines is 1. The van der Waals surface area contributed by atoms with E-state index in [1.807, 2.05) is 12.1 Å². The molecule has 0 radical (unpaired) electrons. The number of amides is 1. The molecule has 2 atom stereocenters. The van der Waals surface area contributed by atoms with Crippen molar-refractivity contribution in [2.75, 3.05) is 24.5 Å². The summed E-state index contributed by atoms with van der Waals surface area (Å²) in [5.74, 6) is 0.193. The minimum atomic E-state index is -1.13. The molecule has 1 aromatic carbocycles. The fraction of sp³-hybridized carbons (Fsp3) is 0.429. The van der Waals surface area contributed by atoms with Gasteiger partial charge in [-0.3, -0.25) is 14.7 Å². The monoisotopic (exact) mass is 371 g/mol. The Morgan fingerprint density at radius 3 is 2.81 bits per heavy atom. The smallest absolute Gasteiger partial charge is 0.227 e. The second-order valence-electron chi connectivity index (χ2n) is 6.88. The van der Waals surface area contributed by atoms with E-state index in [-0.39, 0.29) is 18.2 Å². The van der Waals surface area contributed by atoms with Crippen molar-refractivity contribution in [3.8, 4) is 5.75 Å². The summed E-state index contributed by atoms with van der Waals surface area (Å²) in [5, 5.41) is 9.88. The maximum atomic E-state index is 15.0. The number of benzene rings is 1. The van der Waals surface area contributed by atoms with Gasteiger partial charge < -0.3 is 10.0 Å². The van der Waals surface area contributed by atoms with Crippen molar-refractivity contribution < 1.29 is 14.3 Å². The lowest BCUT2D eigenvalue weighted by molar-refractivity contribution is -0.119. The molecule has 0 bridgehead atoms. The number of alkyl halides is 1. The Labute approximate surface area is 159 Å². The van der Waals surface area contributed by atoms with Gasteiger partial charge in [-0.15, -0.1) is 0 Å². The first-order valence-electron chi connectivity index (χ1n) is 9.45. The second kappa shape index (κ2) is 8.95. The molecule has 144 valence electrons. The molecule has 27 heavy (non-hydrogen) atoms. The van der Waals surface area contributed by atoms with Crippen molar-refractivity contribution in [3.05, 3.63) is 54.4 Å².